The average Bonchev–Trinajstić information content (AvgIpc) is 3.11. The van der Waals surface area contributed by atoms with Gasteiger partial charge in [0.15, 0.2) is 0 Å². The molecule has 2 aromatic heterocycles. The maximum absolute atomic E-state index is 12.8. The van der Waals surface area contributed by atoms with E-state index in [9.17, 15) is 4.79 Å². The minimum Gasteiger partial charge on any atom is -0.455 e. The summed E-state index contributed by atoms with van der Waals surface area (Å²) in [4.78, 5) is 17.2. The number of halogens is 2. The molecule has 4 aromatic rings. The number of furan rings is 1. The van der Waals surface area contributed by atoms with Crippen LogP contribution in [0.5, 0.6) is 0 Å². The monoisotopic (exact) mass is 499 g/mol. The van der Waals surface area contributed by atoms with E-state index in [1.165, 1.54) is 10.9 Å². The minimum atomic E-state index is -0.229. The Labute approximate surface area is 178 Å². The maximum Gasteiger partial charge on any atom is 0.282 e. The fourth-order valence-electron chi connectivity index (χ4n) is 2.90. The van der Waals surface area contributed by atoms with E-state index in [0.29, 0.717) is 22.5 Å². The normalized spacial score (nSPS) is 11.6. The molecule has 0 radical (unpaired) electrons. The van der Waals surface area contributed by atoms with E-state index in [-0.39, 0.29) is 5.56 Å². The van der Waals surface area contributed by atoms with Crippen LogP contribution in [0.25, 0.3) is 22.2 Å². The van der Waals surface area contributed by atoms with E-state index in [4.69, 9.17) is 4.42 Å². The number of rotatable bonds is 3. The van der Waals surface area contributed by atoms with Crippen molar-refractivity contribution >= 4 is 49.0 Å². The highest BCUT2D eigenvalue weighted by atomic mass is 79.9. The number of nitrogens with zero attached hydrogens (tertiary/aromatic N) is 3. The summed E-state index contributed by atoms with van der Waals surface area (Å²) in [5.74, 6) is 1.77. The standard InChI is InChI=1S/C21H15Br2N3O2/c1-12-3-6-16(18(23)9-12)20-8-5-15(28-20)11-24-26-13(2)25-19-7-4-14(22)10-17(19)21(26)27/h3-11H,1-2H3. The lowest BCUT2D eigenvalue weighted by Crippen LogP contribution is -2.20. The summed E-state index contributed by atoms with van der Waals surface area (Å²) in [6.45, 7) is 3.78. The van der Waals surface area contributed by atoms with E-state index in [1.54, 1.807) is 19.1 Å². The Morgan fingerprint density at radius 3 is 2.68 bits per heavy atom. The van der Waals surface area contributed by atoms with Crippen molar-refractivity contribution in [1.29, 1.82) is 0 Å². The highest BCUT2D eigenvalue weighted by molar-refractivity contribution is 9.10. The molecule has 28 heavy (non-hydrogen) atoms. The lowest BCUT2D eigenvalue weighted by atomic mass is 10.1. The SMILES string of the molecule is Cc1ccc(-c2ccc(C=Nn3c(C)nc4ccc(Br)cc4c3=O)o2)c(Br)c1. The van der Waals surface area contributed by atoms with Crippen molar-refractivity contribution in [2.24, 2.45) is 5.10 Å². The van der Waals surface area contributed by atoms with Gasteiger partial charge in [-0.2, -0.15) is 9.78 Å². The van der Waals surface area contributed by atoms with Gasteiger partial charge in [0.2, 0.25) is 0 Å². The molecule has 0 N–H and O–H groups in total. The molecule has 0 fully saturated rings. The van der Waals surface area contributed by atoms with E-state index < -0.39 is 0 Å². The first-order chi connectivity index (χ1) is 13.4. The van der Waals surface area contributed by atoms with Crippen LogP contribution < -0.4 is 5.56 Å². The van der Waals surface area contributed by atoms with Crippen LogP contribution in [0.4, 0.5) is 0 Å². The molecule has 4 rings (SSSR count). The highest BCUT2D eigenvalue weighted by Crippen LogP contribution is 2.30. The molecule has 5 nitrogen and oxygen atoms in total. The summed E-state index contributed by atoms with van der Waals surface area (Å²) in [6, 6.07) is 15.2. The summed E-state index contributed by atoms with van der Waals surface area (Å²) in [6.07, 6.45) is 1.52. The first-order valence-electron chi connectivity index (χ1n) is 8.52. The van der Waals surface area contributed by atoms with Crippen LogP contribution in [0, 0.1) is 13.8 Å². The largest absolute Gasteiger partial charge is 0.455 e. The third-order valence-electron chi connectivity index (χ3n) is 4.29. The van der Waals surface area contributed by atoms with Crippen molar-refractivity contribution in [3.05, 3.63) is 85.0 Å². The number of fused-ring (bicyclic) bond motifs is 1. The summed E-state index contributed by atoms with van der Waals surface area (Å²) < 4.78 is 8.93. The first-order valence-corrected chi connectivity index (χ1v) is 10.1. The van der Waals surface area contributed by atoms with Crippen molar-refractivity contribution in [2.45, 2.75) is 13.8 Å². The Morgan fingerprint density at radius 2 is 1.89 bits per heavy atom. The molecule has 0 bridgehead atoms. The van der Waals surface area contributed by atoms with Crippen LogP contribution in [0.2, 0.25) is 0 Å². The molecule has 0 aliphatic heterocycles. The van der Waals surface area contributed by atoms with Gasteiger partial charge in [-0.05, 0) is 61.9 Å². The zero-order valence-corrected chi connectivity index (χ0v) is 18.3. The molecule has 7 heteroatoms. The van der Waals surface area contributed by atoms with Gasteiger partial charge in [0.25, 0.3) is 5.56 Å². The van der Waals surface area contributed by atoms with Gasteiger partial charge in [0.05, 0.1) is 17.1 Å². The van der Waals surface area contributed by atoms with Crippen molar-refractivity contribution in [1.82, 2.24) is 9.66 Å². The average molecular weight is 501 g/mol. The molecule has 0 atom stereocenters. The number of aromatic nitrogens is 2. The Balaban J connectivity index is 1.70. The zero-order chi connectivity index (χ0) is 19.8. The predicted octanol–water partition coefficient (Wildman–Crippen LogP) is 5.68. The third kappa shape index (κ3) is 3.59. The molecular weight excluding hydrogens is 486 g/mol. The molecule has 0 unspecified atom stereocenters. The Morgan fingerprint density at radius 1 is 1.07 bits per heavy atom. The van der Waals surface area contributed by atoms with Crippen LogP contribution >= 0.6 is 31.9 Å². The molecule has 0 aliphatic carbocycles. The van der Waals surface area contributed by atoms with Gasteiger partial charge < -0.3 is 4.42 Å². The van der Waals surface area contributed by atoms with Crippen molar-refractivity contribution in [2.75, 3.05) is 0 Å². The van der Waals surface area contributed by atoms with Crippen LogP contribution in [-0.4, -0.2) is 15.9 Å². The molecule has 0 spiro atoms. The van der Waals surface area contributed by atoms with Crippen LogP contribution in [0.1, 0.15) is 17.1 Å². The third-order valence-corrected chi connectivity index (χ3v) is 5.44. The van der Waals surface area contributed by atoms with Crippen molar-refractivity contribution in [3.63, 3.8) is 0 Å². The van der Waals surface area contributed by atoms with Crippen molar-refractivity contribution in [3.8, 4) is 11.3 Å². The van der Waals surface area contributed by atoms with Crippen LogP contribution in [-0.2, 0) is 0 Å². The minimum absolute atomic E-state index is 0.229. The molecule has 2 heterocycles. The van der Waals surface area contributed by atoms with E-state index in [2.05, 4.69) is 41.9 Å². The van der Waals surface area contributed by atoms with E-state index in [1.807, 2.05) is 43.3 Å². The summed E-state index contributed by atoms with van der Waals surface area (Å²) in [5, 5.41) is 4.80. The lowest BCUT2D eigenvalue weighted by Gasteiger charge is -2.05. The van der Waals surface area contributed by atoms with Gasteiger partial charge in [-0.25, -0.2) is 4.98 Å². The summed E-state index contributed by atoms with van der Waals surface area (Å²) in [7, 11) is 0. The highest BCUT2D eigenvalue weighted by Gasteiger charge is 2.10. The zero-order valence-electron chi connectivity index (χ0n) is 15.1. The fraction of sp³-hybridized carbons (Fsp3) is 0.0952. The number of hydrogen-bond acceptors (Lipinski definition) is 4. The summed E-state index contributed by atoms with van der Waals surface area (Å²) in [5.41, 5.74) is 2.53. The molecule has 140 valence electrons. The Hall–Kier alpha value is -2.51. The molecule has 0 saturated heterocycles. The molecule has 0 amide bonds. The second-order valence-corrected chi connectivity index (χ2v) is 8.14. The smallest absolute Gasteiger partial charge is 0.282 e. The predicted molar refractivity (Wildman–Crippen MR) is 118 cm³/mol. The second-order valence-electron chi connectivity index (χ2n) is 6.37. The number of hydrogen-bond donors (Lipinski definition) is 0. The topological polar surface area (TPSA) is 60.4 Å². The van der Waals surface area contributed by atoms with E-state index >= 15 is 0 Å². The fourth-order valence-corrected chi connectivity index (χ4v) is 3.95. The maximum atomic E-state index is 12.8. The summed E-state index contributed by atoms with van der Waals surface area (Å²) >= 11 is 6.95. The van der Waals surface area contributed by atoms with Crippen LogP contribution in [0.15, 0.2) is 71.8 Å². The van der Waals surface area contributed by atoms with Gasteiger partial charge >= 0.3 is 0 Å². The Kier molecular flexibility index (Phi) is 5.03. The quantitative estimate of drug-likeness (QED) is 0.340. The Bertz CT molecular complexity index is 1290. The number of aryl methyl sites for hydroxylation is 2. The van der Waals surface area contributed by atoms with Gasteiger partial charge in [-0.1, -0.05) is 37.9 Å². The van der Waals surface area contributed by atoms with Gasteiger partial charge in [-0.15, -0.1) is 0 Å². The van der Waals surface area contributed by atoms with E-state index in [0.717, 1.165) is 25.8 Å². The lowest BCUT2D eigenvalue weighted by molar-refractivity contribution is 0.573. The van der Waals surface area contributed by atoms with Gasteiger partial charge in [-0.3, -0.25) is 4.79 Å². The van der Waals surface area contributed by atoms with Gasteiger partial charge in [0, 0.05) is 14.5 Å². The molecular formula is C21H15Br2N3O2. The van der Waals surface area contributed by atoms with Crippen molar-refractivity contribution < 1.29 is 4.42 Å². The molecule has 0 saturated carbocycles. The first kappa shape index (κ1) is 18.8. The van der Waals surface area contributed by atoms with Crippen LogP contribution in [0.3, 0.4) is 0 Å². The molecule has 0 aliphatic rings. The number of benzene rings is 2. The van der Waals surface area contributed by atoms with Gasteiger partial charge in [0.1, 0.15) is 17.3 Å². The molecule has 2 aromatic carbocycles. The second kappa shape index (κ2) is 7.48.